The Hall–Kier alpha value is -2.01. The Balaban J connectivity index is 1.78. The summed E-state index contributed by atoms with van der Waals surface area (Å²) in [6.45, 7) is 5.11. The van der Waals surface area contributed by atoms with E-state index in [2.05, 4.69) is 34.1 Å². The second-order valence-electron chi connectivity index (χ2n) is 4.72. The van der Waals surface area contributed by atoms with E-state index in [0.717, 1.165) is 29.0 Å². The fraction of sp³-hybridized carbons (Fsp3) is 0.267. The number of rotatable bonds is 4. The van der Waals surface area contributed by atoms with Crippen LogP contribution in [-0.4, -0.2) is 21.5 Å². The van der Waals surface area contributed by atoms with Gasteiger partial charge in [-0.05, 0) is 43.5 Å². The largest absolute Gasteiger partial charge is 0.369 e. The molecule has 0 atom stereocenters. The molecule has 5 heteroatoms. The number of pyridine rings is 1. The molecule has 0 saturated heterocycles. The maximum Gasteiger partial charge on any atom is 0.138 e. The van der Waals surface area contributed by atoms with Gasteiger partial charge >= 0.3 is 0 Å². The summed E-state index contributed by atoms with van der Waals surface area (Å²) in [5, 5.41) is 4.58. The number of hydrogen-bond donors (Lipinski definition) is 1. The van der Waals surface area contributed by atoms with Crippen LogP contribution in [0.4, 0.5) is 5.82 Å². The zero-order valence-electron chi connectivity index (χ0n) is 11.6. The van der Waals surface area contributed by atoms with Gasteiger partial charge < -0.3 is 5.32 Å². The molecule has 0 spiro atoms. The Kier molecular flexibility index (Phi) is 3.60. The van der Waals surface area contributed by atoms with E-state index >= 15 is 0 Å². The second-order valence-corrected chi connectivity index (χ2v) is 5.92. The number of fused-ring (bicyclic) bond motifs is 1. The first-order valence-corrected chi connectivity index (χ1v) is 7.41. The first-order chi connectivity index (χ1) is 9.75. The topological polar surface area (TPSA) is 50.7 Å². The van der Waals surface area contributed by atoms with E-state index in [9.17, 15) is 0 Å². The molecule has 0 radical (unpaired) electrons. The van der Waals surface area contributed by atoms with Gasteiger partial charge in [0.2, 0.25) is 0 Å². The highest BCUT2D eigenvalue weighted by Crippen LogP contribution is 2.32. The summed E-state index contributed by atoms with van der Waals surface area (Å²) < 4.78 is 0. The molecule has 3 aromatic heterocycles. The number of thiophene rings is 1. The molecule has 3 rings (SSSR count). The van der Waals surface area contributed by atoms with Gasteiger partial charge in [0.25, 0.3) is 0 Å². The summed E-state index contributed by atoms with van der Waals surface area (Å²) in [6.07, 6.45) is 6.23. The van der Waals surface area contributed by atoms with Gasteiger partial charge in [0, 0.05) is 23.8 Å². The predicted octanol–water partition coefficient (Wildman–Crippen LogP) is 3.36. The minimum Gasteiger partial charge on any atom is -0.369 e. The standard InChI is InChI=1S/C15H16N4S/c1-10-11(2)20-15-13(10)14(18-9-19-15)17-8-5-12-3-6-16-7-4-12/h3-4,6-7,9H,5,8H2,1-2H3,(H,17,18,19). The molecule has 0 aliphatic carbocycles. The first-order valence-electron chi connectivity index (χ1n) is 6.59. The molecule has 0 amide bonds. The molecule has 0 fully saturated rings. The van der Waals surface area contributed by atoms with E-state index in [1.54, 1.807) is 17.7 Å². The van der Waals surface area contributed by atoms with Gasteiger partial charge in [0.05, 0.1) is 5.39 Å². The highest BCUT2D eigenvalue weighted by molar-refractivity contribution is 7.18. The van der Waals surface area contributed by atoms with Crippen molar-refractivity contribution in [2.45, 2.75) is 20.3 Å². The Labute approximate surface area is 121 Å². The summed E-state index contributed by atoms with van der Waals surface area (Å²) >= 11 is 1.72. The van der Waals surface area contributed by atoms with Crippen LogP contribution in [0.15, 0.2) is 30.9 Å². The molecular weight excluding hydrogens is 268 g/mol. The van der Waals surface area contributed by atoms with Crippen molar-refractivity contribution in [1.82, 2.24) is 15.0 Å². The molecule has 0 aliphatic rings. The van der Waals surface area contributed by atoms with Gasteiger partial charge in [-0.2, -0.15) is 0 Å². The summed E-state index contributed by atoms with van der Waals surface area (Å²) in [6, 6.07) is 4.08. The number of nitrogens with one attached hydrogen (secondary N) is 1. The van der Waals surface area contributed by atoms with Crippen molar-refractivity contribution >= 4 is 27.4 Å². The van der Waals surface area contributed by atoms with Gasteiger partial charge in [-0.3, -0.25) is 4.98 Å². The van der Waals surface area contributed by atoms with Gasteiger partial charge in [0.1, 0.15) is 17.0 Å². The monoisotopic (exact) mass is 284 g/mol. The van der Waals surface area contributed by atoms with Crippen LogP contribution in [0.25, 0.3) is 10.2 Å². The van der Waals surface area contributed by atoms with Gasteiger partial charge in [0.15, 0.2) is 0 Å². The smallest absolute Gasteiger partial charge is 0.138 e. The van der Waals surface area contributed by atoms with E-state index in [1.165, 1.54) is 16.0 Å². The second kappa shape index (κ2) is 5.54. The van der Waals surface area contributed by atoms with Crippen molar-refractivity contribution in [2.24, 2.45) is 0 Å². The van der Waals surface area contributed by atoms with Crippen LogP contribution < -0.4 is 5.32 Å². The average molecular weight is 284 g/mol. The summed E-state index contributed by atoms with van der Waals surface area (Å²) in [4.78, 5) is 15.1. The molecule has 3 aromatic rings. The molecule has 0 unspecified atom stereocenters. The molecule has 102 valence electrons. The SMILES string of the molecule is Cc1sc2ncnc(NCCc3ccncc3)c2c1C. The van der Waals surface area contributed by atoms with Crippen LogP contribution >= 0.6 is 11.3 Å². The lowest BCUT2D eigenvalue weighted by molar-refractivity contribution is 1.00. The van der Waals surface area contributed by atoms with Crippen LogP contribution in [0.1, 0.15) is 16.0 Å². The normalized spacial score (nSPS) is 10.9. The van der Waals surface area contributed by atoms with Crippen molar-refractivity contribution in [1.29, 1.82) is 0 Å². The molecule has 0 bridgehead atoms. The summed E-state index contributed by atoms with van der Waals surface area (Å²) in [7, 11) is 0. The summed E-state index contributed by atoms with van der Waals surface area (Å²) in [5.41, 5.74) is 2.55. The van der Waals surface area contributed by atoms with Crippen LogP contribution in [0, 0.1) is 13.8 Å². The zero-order valence-corrected chi connectivity index (χ0v) is 12.4. The average Bonchev–Trinajstić information content (AvgIpc) is 2.76. The van der Waals surface area contributed by atoms with E-state index in [0.29, 0.717) is 0 Å². The maximum absolute atomic E-state index is 4.38. The fourth-order valence-electron chi connectivity index (χ4n) is 2.19. The lowest BCUT2D eigenvalue weighted by Gasteiger charge is -2.07. The lowest BCUT2D eigenvalue weighted by Crippen LogP contribution is -2.07. The molecular formula is C15H16N4S. The number of hydrogen-bond acceptors (Lipinski definition) is 5. The van der Waals surface area contributed by atoms with Gasteiger partial charge in [-0.25, -0.2) is 9.97 Å². The van der Waals surface area contributed by atoms with Crippen molar-refractivity contribution < 1.29 is 0 Å². The van der Waals surface area contributed by atoms with E-state index in [1.807, 2.05) is 24.5 Å². The zero-order chi connectivity index (χ0) is 13.9. The van der Waals surface area contributed by atoms with E-state index in [4.69, 9.17) is 0 Å². The van der Waals surface area contributed by atoms with E-state index in [-0.39, 0.29) is 0 Å². The van der Waals surface area contributed by atoms with Gasteiger partial charge in [-0.1, -0.05) is 0 Å². The van der Waals surface area contributed by atoms with Crippen LogP contribution in [0.5, 0.6) is 0 Å². The number of aryl methyl sites for hydroxylation is 2. The molecule has 1 N–H and O–H groups in total. The number of aromatic nitrogens is 3. The lowest BCUT2D eigenvalue weighted by atomic mass is 10.2. The van der Waals surface area contributed by atoms with Gasteiger partial charge in [-0.15, -0.1) is 11.3 Å². The van der Waals surface area contributed by atoms with Crippen LogP contribution in [-0.2, 0) is 6.42 Å². The third-order valence-corrected chi connectivity index (χ3v) is 4.54. The van der Waals surface area contributed by atoms with E-state index < -0.39 is 0 Å². The fourth-order valence-corrected chi connectivity index (χ4v) is 3.19. The van der Waals surface area contributed by atoms with Crippen molar-refractivity contribution in [3.05, 3.63) is 46.9 Å². The molecule has 0 aromatic carbocycles. The van der Waals surface area contributed by atoms with Crippen molar-refractivity contribution in [2.75, 3.05) is 11.9 Å². The molecule has 3 heterocycles. The Morgan fingerprint density at radius 3 is 2.75 bits per heavy atom. The third kappa shape index (κ3) is 2.49. The Morgan fingerprint density at radius 1 is 1.15 bits per heavy atom. The molecule has 4 nitrogen and oxygen atoms in total. The highest BCUT2D eigenvalue weighted by atomic mass is 32.1. The number of nitrogens with zero attached hydrogens (tertiary/aromatic N) is 3. The Bertz CT molecular complexity index is 721. The predicted molar refractivity (Wildman–Crippen MR) is 83.3 cm³/mol. The highest BCUT2D eigenvalue weighted by Gasteiger charge is 2.11. The first kappa shape index (κ1) is 13.0. The minimum atomic E-state index is 0.852. The molecule has 0 saturated carbocycles. The van der Waals surface area contributed by atoms with Crippen LogP contribution in [0.2, 0.25) is 0 Å². The molecule has 20 heavy (non-hydrogen) atoms. The quantitative estimate of drug-likeness (QED) is 0.798. The number of anilines is 1. The Morgan fingerprint density at radius 2 is 1.95 bits per heavy atom. The van der Waals surface area contributed by atoms with Crippen molar-refractivity contribution in [3.63, 3.8) is 0 Å². The summed E-state index contributed by atoms with van der Waals surface area (Å²) in [5.74, 6) is 0.936. The molecule has 0 aliphatic heterocycles. The third-order valence-electron chi connectivity index (χ3n) is 3.42. The van der Waals surface area contributed by atoms with Crippen molar-refractivity contribution in [3.8, 4) is 0 Å². The maximum atomic E-state index is 4.38. The minimum absolute atomic E-state index is 0.852. The van der Waals surface area contributed by atoms with Crippen LogP contribution in [0.3, 0.4) is 0 Å².